The van der Waals surface area contributed by atoms with Crippen molar-refractivity contribution in [3.8, 4) is 11.4 Å². The molecule has 4 aromatic rings. The highest BCUT2D eigenvalue weighted by Gasteiger charge is 2.24. The zero-order valence-corrected chi connectivity index (χ0v) is 22.5. The van der Waals surface area contributed by atoms with Gasteiger partial charge in [-0.05, 0) is 50.2 Å². The van der Waals surface area contributed by atoms with Crippen LogP contribution in [0.5, 0.6) is 5.75 Å². The van der Waals surface area contributed by atoms with E-state index in [1.807, 2.05) is 46.8 Å². The molecule has 36 heavy (non-hydrogen) atoms. The largest absolute Gasteiger partial charge is 0.496 e. The number of aromatic nitrogens is 3. The molecular formula is C26H26BrN5O4. The van der Waals surface area contributed by atoms with Crippen LogP contribution >= 0.6 is 15.9 Å². The SMILES string of the molecule is COc1ccc(-n2c(C)cc(C=Nn3c(C(C)(C)C)nc4ccc(Br)cc4c3=O)c2C)c([N+](=O)[O-])c1. The molecule has 10 heteroatoms. The van der Waals surface area contributed by atoms with Crippen LogP contribution in [0.3, 0.4) is 0 Å². The number of nitro groups is 1. The molecule has 0 atom stereocenters. The monoisotopic (exact) mass is 551 g/mol. The number of ether oxygens (including phenoxy) is 1. The number of nitro benzene ring substituents is 1. The summed E-state index contributed by atoms with van der Waals surface area (Å²) in [5.41, 5.74) is 2.47. The average molecular weight is 552 g/mol. The van der Waals surface area contributed by atoms with Crippen LogP contribution in [0.4, 0.5) is 5.69 Å². The van der Waals surface area contributed by atoms with Gasteiger partial charge in [-0.2, -0.15) is 9.78 Å². The first kappa shape index (κ1) is 25.3. The van der Waals surface area contributed by atoms with Crippen molar-refractivity contribution in [1.82, 2.24) is 14.2 Å². The molecule has 0 saturated carbocycles. The second-order valence-electron chi connectivity index (χ2n) is 9.48. The molecule has 2 heterocycles. The maximum absolute atomic E-state index is 13.4. The van der Waals surface area contributed by atoms with Gasteiger partial charge in [0.05, 0.1) is 35.2 Å². The van der Waals surface area contributed by atoms with Crippen LogP contribution in [0.1, 0.15) is 43.5 Å². The van der Waals surface area contributed by atoms with Crippen LogP contribution in [0.2, 0.25) is 0 Å². The molecule has 2 aromatic carbocycles. The van der Waals surface area contributed by atoms with Gasteiger partial charge in [-0.15, -0.1) is 0 Å². The fraction of sp³-hybridized carbons (Fsp3) is 0.269. The van der Waals surface area contributed by atoms with Crippen LogP contribution in [0, 0.1) is 24.0 Å². The summed E-state index contributed by atoms with van der Waals surface area (Å²) >= 11 is 3.42. The van der Waals surface area contributed by atoms with Gasteiger partial charge in [-0.25, -0.2) is 4.98 Å². The van der Waals surface area contributed by atoms with E-state index in [1.165, 1.54) is 17.9 Å². The number of hydrogen-bond donors (Lipinski definition) is 0. The summed E-state index contributed by atoms with van der Waals surface area (Å²) in [6, 6.07) is 12.0. The van der Waals surface area contributed by atoms with E-state index in [4.69, 9.17) is 9.72 Å². The molecule has 0 spiro atoms. The first-order valence-corrected chi connectivity index (χ1v) is 12.0. The van der Waals surface area contributed by atoms with E-state index in [2.05, 4.69) is 21.0 Å². The standard InChI is InChI=1S/C26H26BrN5O4/c1-15-11-17(16(2)30(15)22-10-8-19(36-6)13-23(22)32(34)35)14-28-31-24(33)20-12-18(27)7-9-21(20)29-25(31)26(3,4)5/h7-14H,1-6H3. The summed E-state index contributed by atoms with van der Waals surface area (Å²) in [5.74, 6) is 0.928. The number of rotatable bonds is 5. The predicted molar refractivity (Wildman–Crippen MR) is 144 cm³/mol. The Labute approximate surface area is 216 Å². The van der Waals surface area contributed by atoms with Gasteiger partial charge >= 0.3 is 0 Å². The molecule has 0 aliphatic heterocycles. The minimum Gasteiger partial charge on any atom is -0.496 e. The third-order valence-electron chi connectivity index (χ3n) is 5.88. The lowest BCUT2D eigenvalue weighted by Crippen LogP contribution is -2.29. The zero-order chi connectivity index (χ0) is 26.4. The number of methoxy groups -OCH3 is 1. The number of benzene rings is 2. The smallest absolute Gasteiger partial charge is 0.296 e. The second-order valence-corrected chi connectivity index (χ2v) is 10.4. The first-order valence-electron chi connectivity index (χ1n) is 11.2. The number of fused-ring (bicyclic) bond motifs is 1. The van der Waals surface area contributed by atoms with Gasteiger partial charge in [0.25, 0.3) is 11.2 Å². The third kappa shape index (κ3) is 4.56. The summed E-state index contributed by atoms with van der Waals surface area (Å²) in [4.78, 5) is 29.5. The highest BCUT2D eigenvalue weighted by molar-refractivity contribution is 9.10. The van der Waals surface area contributed by atoms with E-state index >= 15 is 0 Å². The molecule has 0 amide bonds. The summed E-state index contributed by atoms with van der Waals surface area (Å²) in [7, 11) is 1.47. The number of halogens is 1. The van der Waals surface area contributed by atoms with E-state index < -0.39 is 10.3 Å². The van der Waals surface area contributed by atoms with Crippen LogP contribution in [0.15, 0.2) is 56.8 Å². The fourth-order valence-corrected chi connectivity index (χ4v) is 4.48. The predicted octanol–water partition coefficient (Wildman–Crippen LogP) is 5.66. The van der Waals surface area contributed by atoms with Gasteiger partial charge in [-0.1, -0.05) is 36.7 Å². The maximum Gasteiger partial charge on any atom is 0.296 e. The van der Waals surface area contributed by atoms with Crippen LogP contribution in [0.25, 0.3) is 16.6 Å². The van der Waals surface area contributed by atoms with E-state index in [1.54, 1.807) is 35.0 Å². The van der Waals surface area contributed by atoms with Gasteiger partial charge in [0.15, 0.2) is 0 Å². The normalized spacial score (nSPS) is 12.0. The molecule has 0 unspecified atom stereocenters. The molecule has 0 saturated heterocycles. The minimum atomic E-state index is -0.446. The third-order valence-corrected chi connectivity index (χ3v) is 6.38. The van der Waals surface area contributed by atoms with Gasteiger partial charge in [-0.3, -0.25) is 14.9 Å². The Morgan fingerprint density at radius 1 is 1.14 bits per heavy atom. The van der Waals surface area contributed by atoms with E-state index in [-0.39, 0.29) is 11.2 Å². The Bertz CT molecular complexity index is 1590. The molecule has 186 valence electrons. The van der Waals surface area contributed by atoms with Crippen molar-refractivity contribution in [2.24, 2.45) is 5.10 Å². The molecule has 0 N–H and O–H groups in total. The van der Waals surface area contributed by atoms with Crippen molar-refractivity contribution in [1.29, 1.82) is 0 Å². The van der Waals surface area contributed by atoms with Crippen molar-refractivity contribution < 1.29 is 9.66 Å². The second kappa shape index (κ2) is 9.34. The topological polar surface area (TPSA) is 105 Å². The van der Waals surface area contributed by atoms with Crippen LogP contribution in [-0.2, 0) is 5.41 Å². The first-order chi connectivity index (χ1) is 16.9. The molecule has 0 radical (unpaired) electrons. The highest BCUT2D eigenvalue weighted by atomic mass is 79.9. The summed E-state index contributed by atoms with van der Waals surface area (Å²) in [5, 5.41) is 16.8. The quantitative estimate of drug-likeness (QED) is 0.181. The van der Waals surface area contributed by atoms with Crippen molar-refractivity contribution in [2.75, 3.05) is 7.11 Å². The Morgan fingerprint density at radius 2 is 1.86 bits per heavy atom. The van der Waals surface area contributed by atoms with Gasteiger partial charge in [0, 0.05) is 26.8 Å². The summed E-state index contributed by atoms with van der Waals surface area (Å²) in [6.45, 7) is 9.63. The van der Waals surface area contributed by atoms with Crippen molar-refractivity contribution >= 4 is 38.7 Å². The number of nitrogens with zero attached hydrogens (tertiary/aromatic N) is 5. The number of hydrogen-bond acceptors (Lipinski definition) is 6. The Hall–Kier alpha value is -3.79. The van der Waals surface area contributed by atoms with Crippen molar-refractivity contribution in [3.63, 3.8) is 0 Å². The highest BCUT2D eigenvalue weighted by Crippen LogP contribution is 2.31. The fourth-order valence-electron chi connectivity index (χ4n) is 4.12. The Kier molecular flexibility index (Phi) is 6.57. The summed E-state index contributed by atoms with van der Waals surface area (Å²) in [6.07, 6.45) is 1.59. The van der Waals surface area contributed by atoms with Gasteiger partial charge in [0.2, 0.25) is 0 Å². The lowest BCUT2D eigenvalue weighted by molar-refractivity contribution is -0.384. The van der Waals surface area contributed by atoms with Gasteiger partial charge < -0.3 is 9.30 Å². The molecule has 0 bridgehead atoms. The van der Waals surface area contributed by atoms with E-state index in [0.29, 0.717) is 28.2 Å². The lowest BCUT2D eigenvalue weighted by Gasteiger charge is -2.20. The van der Waals surface area contributed by atoms with E-state index in [9.17, 15) is 14.9 Å². The Balaban J connectivity index is 1.88. The maximum atomic E-state index is 13.4. The Morgan fingerprint density at radius 3 is 2.50 bits per heavy atom. The molecule has 0 fully saturated rings. The molecule has 9 nitrogen and oxygen atoms in total. The summed E-state index contributed by atoms with van der Waals surface area (Å²) < 4.78 is 9.06. The molecule has 2 aromatic heterocycles. The molecular weight excluding hydrogens is 526 g/mol. The van der Waals surface area contributed by atoms with Crippen molar-refractivity contribution in [2.45, 2.75) is 40.0 Å². The van der Waals surface area contributed by atoms with Gasteiger partial charge in [0.1, 0.15) is 17.3 Å². The van der Waals surface area contributed by atoms with Crippen LogP contribution < -0.4 is 10.3 Å². The molecule has 0 aliphatic carbocycles. The van der Waals surface area contributed by atoms with E-state index in [0.717, 1.165) is 21.4 Å². The number of aryl methyl sites for hydroxylation is 1. The average Bonchev–Trinajstić information content (AvgIpc) is 3.10. The van der Waals surface area contributed by atoms with Crippen molar-refractivity contribution in [3.05, 3.63) is 90.2 Å². The molecule has 0 aliphatic rings. The minimum absolute atomic E-state index is 0.0739. The molecule has 4 rings (SSSR count). The zero-order valence-electron chi connectivity index (χ0n) is 20.9. The lowest BCUT2D eigenvalue weighted by atomic mass is 9.95. The van der Waals surface area contributed by atoms with Crippen LogP contribution in [-0.4, -0.2) is 32.5 Å².